The number of hydrogen-bond acceptors (Lipinski definition) is 2. The van der Waals surface area contributed by atoms with E-state index in [0.717, 1.165) is 0 Å². The highest BCUT2D eigenvalue weighted by molar-refractivity contribution is 7.77. The summed E-state index contributed by atoms with van der Waals surface area (Å²) in [6.45, 7) is 1.54. The predicted molar refractivity (Wildman–Crippen MR) is 25.5 cm³/mol. The van der Waals surface area contributed by atoms with Crippen LogP contribution in [-0.2, 0) is 11.3 Å². The minimum atomic E-state index is -2.24. The lowest BCUT2D eigenvalue weighted by Crippen LogP contribution is -2.07. The first-order chi connectivity index (χ1) is 3.27. The first-order valence-electron chi connectivity index (χ1n) is 1.54. The molecule has 0 heterocycles. The molecule has 0 aromatic heterocycles. The molecule has 1 atom stereocenters. The second-order valence-corrected chi connectivity index (χ2v) is 1.39. The van der Waals surface area contributed by atoms with Crippen LogP contribution in [0.5, 0.6) is 0 Å². The summed E-state index contributed by atoms with van der Waals surface area (Å²) in [4.78, 5) is 0. The van der Waals surface area contributed by atoms with Gasteiger partial charge in [0.1, 0.15) is 0 Å². The summed E-state index contributed by atoms with van der Waals surface area (Å²) in [6, 6.07) is 2.14. The molecule has 0 aliphatic carbocycles. The first kappa shape index (κ1) is 6.47. The Morgan fingerprint density at radius 3 is 2.57 bits per heavy atom. The lowest BCUT2D eigenvalue weighted by atomic mass is 10.8. The van der Waals surface area contributed by atoms with Crippen LogP contribution in [0.15, 0.2) is 0 Å². The smallest absolute Gasteiger partial charge is 0.0522 e. The van der Waals surface area contributed by atoms with Gasteiger partial charge in [-0.25, -0.2) is 0 Å². The van der Waals surface area contributed by atoms with Crippen molar-refractivity contribution in [2.45, 2.75) is 6.92 Å². The Balaban J connectivity index is 3.26. The van der Waals surface area contributed by atoms with Gasteiger partial charge in [-0.05, 0) is 6.92 Å². The van der Waals surface area contributed by atoms with E-state index in [9.17, 15) is 8.76 Å². The third-order valence-corrected chi connectivity index (χ3v) is 0.528. The molecule has 40 valence electrons. The van der Waals surface area contributed by atoms with Crippen molar-refractivity contribution in [1.29, 1.82) is 0 Å². The van der Waals surface area contributed by atoms with Crippen molar-refractivity contribution in [3.63, 3.8) is 0 Å². The summed E-state index contributed by atoms with van der Waals surface area (Å²) in [6.07, 6.45) is 0. The molecular weight excluding hydrogens is 114 g/mol. The Labute approximate surface area is 44.5 Å². The summed E-state index contributed by atoms with van der Waals surface area (Å²) in [5.74, 6) is 2.34. The van der Waals surface area contributed by atoms with Gasteiger partial charge in [0.05, 0.1) is 11.3 Å². The van der Waals surface area contributed by atoms with Crippen LogP contribution in [-0.4, -0.2) is 8.76 Å². The van der Waals surface area contributed by atoms with E-state index in [-0.39, 0.29) is 0 Å². The summed E-state index contributed by atoms with van der Waals surface area (Å²) in [5, 5.41) is 0. The normalized spacial score (nSPS) is 11.1. The molecule has 0 aromatic carbocycles. The molecule has 0 rings (SSSR count). The molecule has 0 bridgehead atoms. The van der Waals surface area contributed by atoms with Crippen molar-refractivity contribution in [3.05, 3.63) is 0 Å². The van der Waals surface area contributed by atoms with Gasteiger partial charge >= 0.3 is 0 Å². The fraction of sp³-hybridized carbons (Fsp3) is 0.333. The molecule has 4 heteroatoms. The van der Waals surface area contributed by atoms with Crippen LogP contribution in [0.1, 0.15) is 6.92 Å². The summed E-state index contributed by atoms with van der Waals surface area (Å²) in [7, 11) is 0. The van der Waals surface area contributed by atoms with Crippen molar-refractivity contribution >= 4 is 11.3 Å². The Bertz CT molecular complexity index is 123. The van der Waals surface area contributed by atoms with Crippen molar-refractivity contribution in [2.75, 3.05) is 0 Å². The van der Waals surface area contributed by atoms with Crippen molar-refractivity contribution in [1.82, 2.24) is 4.72 Å². The minimum absolute atomic E-state index is 1.54. The van der Waals surface area contributed by atoms with E-state index in [1.807, 2.05) is 4.72 Å². The highest BCUT2D eigenvalue weighted by Gasteiger charge is 1.63. The van der Waals surface area contributed by atoms with E-state index >= 15 is 0 Å². The quantitative estimate of drug-likeness (QED) is 0.282. The van der Waals surface area contributed by atoms with Gasteiger partial charge < -0.3 is 4.55 Å². The molecule has 0 saturated heterocycles. The molecule has 0 radical (unpaired) electrons. The molecule has 1 N–H and O–H groups in total. The molecule has 0 aliphatic heterocycles. The molecular formula is C3H4NO2S-. The Morgan fingerprint density at radius 1 is 1.86 bits per heavy atom. The van der Waals surface area contributed by atoms with Gasteiger partial charge in [-0.1, -0.05) is 5.92 Å². The lowest BCUT2D eigenvalue weighted by molar-refractivity contribution is 0.532. The van der Waals surface area contributed by atoms with E-state index < -0.39 is 11.3 Å². The zero-order chi connectivity index (χ0) is 5.70. The van der Waals surface area contributed by atoms with Gasteiger partial charge in [0.2, 0.25) is 0 Å². The van der Waals surface area contributed by atoms with Gasteiger partial charge in [0.15, 0.2) is 0 Å². The SMILES string of the molecule is CC#CNS(=O)[O-]. The standard InChI is InChI=1S/C3H5NO2S/c1-2-3-4-7(5)6/h4H,1H3,(H,5,6)/p-1. The number of rotatable bonds is 1. The summed E-state index contributed by atoms with van der Waals surface area (Å²) < 4.78 is 20.9. The maximum absolute atomic E-state index is 9.54. The second-order valence-electron chi connectivity index (χ2n) is 0.712. The van der Waals surface area contributed by atoms with Crippen LogP contribution in [0, 0.1) is 12.0 Å². The molecule has 3 nitrogen and oxygen atoms in total. The average Bonchev–Trinajstić information content (AvgIpc) is 1.61. The van der Waals surface area contributed by atoms with E-state index in [0.29, 0.717) is 0 Å². The fourth-order valence-corrected chi connectivity index (χ4v) is 0.278. The van der Waals surface area contributed by atoms with E-state index in [1.54, 1.807) is 6.92 Å². The second kappa shape index (κ2) is 3.65. The highest BCUT2D eigenvalue weighted by atomic mass is 32.2. The first-order valence-corrected chi connectivity index (χ1v) is 2.61. The maximum Gasteiger partial charge on any atom is 0.0522 e. The summed E-state index contributed by atoms with van der Waals surface area (Å²) >= 11 is -2.24. The van der Waals surface area contributed by atoms with Crippen LogP contribution in [0.3, 0.4) is 0 Å². The van der Waals surface area contributed by atoms with Gasteiger partial charge in [0.25, 0.3) is 0 Å². The minimum Gasteiger partial charge on any atom is -0.755 e. The van der Waals surface area contributed by atoms with E-state index in [2.05, 4.69) is 12.0 Å². The monoisotopic (exact) mass is 118 g/mol. The maximum atomic E-state index is 9.54. The molecule has 7 heavy (non-hydrogen) atoms. The zero-order valence-corrected chi connectivity index (χ0v) is 4.54. The van der Waals surface area contributed by atoms with Gasteiger partial charge in [-0.3, -0.25) is 8.93 Å². The van der Waals surface area contributed by atoms with Gasteiger partial charge in [-0.15, -0.1) is 0 Å². The zero-order valence-electron chi connectivity index (χ0n) is 3.72. The number of hydrogen-bond donors (Lipinski definition) is 1. The molecule has 0 aliphatic rings. The average molecular weight is 118 g/mol. The molecule has 0 saturated carbocycles. The fourth-order valence-electron chi connectivity index (χ4n) is 0.0927. The molecule has 1 unspecified atom stereocenters. The van der Waals surface area contributed by atoms with Crippen molar-refractivity contribution in [3.8, 4) is 12.0 Å². The Hall–Kier alpha value is -0.530. The molecule has 0 amide bonds. The van der Waals surface area contributed by atoms with E-state index in [1.165, 1.54) is 0 Å². The largest absolute Gasteiger partial charge is 0.755 e. The molecule has 0 fully saturated rings. The predicted octanol–water partition coefficient (Wildman–Crippen LogP) is -0.649. The number of nitrogens with one attached hydrogen (secondary N) is 1. The van der Waals surface area contributed by atoms with Gasteiger partial charge in [0, 0.05) is 6.04 Å². The van der Waals surface area contributed by atoms with Crippen molar-refractivity contribution < 1.29 is 8.76 Å². The summed E-state index contributed by atoms with van der Waals surface area (Å²) in [5.41, 5.74) is 0. The lowest BCUT2D eigenvalue weighted by Gasteiger charge is -1.96. The van der Waals surface area contributed by atoms with Crippen LogP contribution < -0.4 is 4.72 Å². The van der Waals surface area contributed by atoms with Gasteiger partial charge in [-0.2, -0.15) is 0 Å². The van der Waals surface area contributed by atoms with Crippen LogP contribution in [0.4, 0.5) is 0 Å². The molecule has 0 aromatic rings. The Kier molecular flexibility index (Phi) is 3.38. The van der Waals surface area contributed by atoms with E-state index in [4.69, 9.17) is 0 Å². The third kappa shape index (κ3) is 5.47. The third-order valence-electron chi connectivity index (χ3n) is 0.259. The van der Waals surface area contributed by atoms with Crippen LogP contribution in [0.2, 0.25) is 0 Å². The van der Waals surface area contributed by atoms with Crippen LogP contribution in [0.25, 0.3) is 0 Å². The highest BCUT2D eigenvalue weighted by Crippen LogP contribution is 1.54. The molecule has 0 spiro atoms. The Morgan fingerprint density at radius 2 is 2.43 bits per heavy atom. The van der Waals surface area contributed by atoms with Crippen LogP contribution >= 0.6 is 0 Å². The van der Waals surface area contributed by atoms with Crippen molar-refractivity contribution in [2.24, 2.45) is 0 Å². The topological polar surface area (TPSA) is 52.2 Å².